The van der Waals surface area contributed by atoms with Crippen molar-refractivity contribution in [1.29, 1.82) is 0 Å². The van der Waals surface area contributed by atoms with E-state index in [1.54, 1.807) is 30.3 Å². The lowest BCUT2D eigenvalue weighted by Crippen LogP contribution is -2.52. The molecule has 0 spiro atoms. The van der Waals surface area contributed by atoms with E-state index in [0.717, 1.165) is 5.56 Å². The number of carboxylic acid groups (broad SMARTS) is 1. The maximum Gasteiger partial charge on any atom is 0.303 e. The first kappa shape index (κ1) is 26.9. The molecule has 2 aromatic rings. The Morgan fingerprint density at radius 3 is 2.31 bits per heavy atom. The van der Waals surface area contributed by atoms with Gasteiger partial charge in [0.25, 0.3) is 5.91 Å². The van der Waals surface area contributed by atoms with Crippen molar-refractivity contribution in [2.75, 3.05) is 25.0 Å². The Bertz CT molecular complexity index is 1010. The third-order valence-corrected chi connectivity index (χ3v) is 4.54. The molecule has 1 atom stereocenters. The predicted molar refractivity (Wildman–Crippen MR) is 132 cm³/mol. The Hall–Kier alpha value is -4.34. The summed E-state index contributed by atoms with van der Waals surface area (Å²) in [5, 5.41) is 19.5. The van der Waals surface area contributed by atoms with E-state index in [4.69, 9.17) is 9.84 Å². The van der Waals surface area contributed by atoms with Gasteiger partial charge in [-0.15, -0.1) is 0 Å². The lowest BCUT2D eigenvalue weighted by Gasteiger charge is -2.20. The minimum Gasteiger partial charge on any atom is -0.494 e. The second kappa shape index (κ2) is 14.7. The Labute approximate surface area is 203 Å². The van der Waals surface area contributed by atoms with Gasteiger partial charge < -0.3 is 31.1 Å². The standard InChI is InChI=1S/C25H30N4O6/c1-18(30)26-15-16-27-25(34)24(29-22(31)14-9-19-6-3-2-4-7-19)28-20-10-12-21(13-11-20)35-17-5-8-23(32)33/h2-4,6-7,9-14,24,28H,5,8,15-17H2,1H3,(H,26,30)(H,27,34)(H,29,31)(H,32,33). The zero-order valence-corrected chi connectivity index (χ0v) is 19.5. The van der Waals surface area contributed by atoms with Crippen molar-refractivity contribution in [2.24, 2.45) is 0 Å². The van der Waals surface area contributed by atoms with Gasteiger partial charge in [-0.25, -0.2) is 0 Å². The van der Waals surface area contributed by atoms with Crippen molar-refractivity contribution in [3.05, 3.63) is 66.2 Å². The molecule has 1 unspecified atom stereocenters. The molecule has 5 N–H and O–H groups in total. The highest BCUT2D eigenvalue weighted by molar-refractivity contribution is 5.96. The molecular formula is C25H30N4O6. The van der Waals surface area contributed by atoms with E-state index in [0.29, 0.717) is 17.9 Å². The summed E-state index contributed by atoms with van der Waals surface area (Å²) >= 11 is 0. The van der Waals surface area contributed by atoms with Crippen molar-refractivity contribution in [1.82, 2.24) is 16.0 Å². The van der Waals surface area contributed by atoms with E-state index in [9.17, 15) is 19.2 Å². The second-order valence-electron chi connectivity index (χ2n) is 7.47. The van der Waals surface area contributed by atoms with E-state index in [1.807, 2.05) is 30.3 Å². The number of hydrogen-bond donors (Lipinski definition) is 5. The molecule has 2 rings (SSSR count). The second-order valence-corrected chi connectivity index (χ2v) is 7.47. The third-order valence-electron chi connectivity index (χ3n) is 4.54. The van der Waals surface area contributed by atoms with E-state index in [2.05, 4.69) is 21.3 Å². The largest absolute Gasteiger partial charge is 0.494 e. The van der Waals surface area contributed by atoms with Gasteiger partial charge in [-0.3, -0.25) is 19.2 Å². The third kappa shape index (κ3) is 11.4. The molecule has 3 amide bonds. The summed E-state index contributed by atoms with van der Waals surface area (Å²) in [5.74, 6) is -1.49. The number of amides is 3. The number of rotatable bonds is 14. The summed E-state index contributed by atoms with van der Waals surface area (Å²) in [4.78, 5) is 46.7. The number of aliphatic carboxylic acids is 1. The number of carboxylic acids is 1. The molecule has 0 fully saturated rings. The molecule has 0 aliphatic heterocycles. The molecule has 0 bridgehead atoms. The van der Waals surface area contributed by atoms with Crippen molar-refractivity contribution in [3.8, 4) is 5.75 Å². The number of benzene rings is 2. The molecule has 0 radical (unpaired) electrons. The van der Waals surface area contributed by atoms with Gasteiger partial charge in [0.15, 0.2) is 6.17 Å². The minimum atomic E-state index is -1.08. The van der Waals surface area contributed by atoms with Crippen LogP contribution < -0.4 is 26.0 Å². The molecule has 0 saturated heterocycles. The summed E-state index contributed by atoms with van der Waals surface area (Å²) < 4.78 is 5.50. The van der Waals surface area contributed by atoms with Crippen LogP contribution in [0.15, 0.2) is 60.7 Å². The maximum absolute atomic E-state index is 12.7. The fraction of sp³-hybridized carbons (Fsp3) is 0.280. The summed E-state index contributed by atoms with van der Waals surface area (Å²) in [6.07, 6.45) is 2.30. The Morgan fingerprint density at radius 1 is 0.971 bits per heavy atom. The SMILES string of the molecule is CC(=O)NCCNC(=O)C(NC(=O)C=Cc1ccccc1)Nc1ccc(OCCCC(=O)O)cc1. The van der Waals surface area contributed by atoms with Gasteiger partial charge in [0.05, 0.1) is 6.61 Å². The molecule has 0 aliphatic rings. The Balaban J connectivity index is 1.99. The molecule has 2 aromatic carbocycles. The molecule has 0 aliphatic carbocycles. The quantitative estimate of drug-likeness (QED) is 0.157. The van der Waals surface area contributed by atoms with Gasteiger partial charge in [0, 0.05) is 38.2 Å². The Morgan fingerprint density at radius 2 is 1.66 bits per heavy atom. The van der Waals surface area contributed by atoms with Crippen molar-refractivity contribution in [2.45, 2.75) is 25.9 Å². The number of ether oxygens (including phenoxy) is 1. The lowest BCUT2D eigenvalue weighted by atomic mass is 10.2. The predicted octanol–water partition coefficient (Wildman–Crippen LogP) is 1.75. The van der Waals surface area contributed by atoms with Crippen LogP contribution >= 0.6 is 0 Å². The number of carbonyl (C=O) groups is 4. The van der Waals surface area contributed by atoms with E-state index in [-0.39, 0.29) is 32.0 Å². The monoisotopic (exact) mass is 482 g/mol. The summed E-state index contributed by atoms with van der Waals surface area (Å²) in [6.45, 7) is 2.09. The average Bonchev–Trinajstić information content (AvgIpc) is 2.84. The van der Waals surface area contributed by atoms with Crippen LogP contribution in [-0.2, 0) is 19.2 Å². The highest BCUT2D eigenvalue weighted by atomic mass is 16.5. The van der Waals surface area contributed by atoms with Crippen molar-refractivity contribution in [3.63, 3.8) is 0 Å². The zero-order valence-electron chi connectivity index (χ0n) is 19.5. The molecule has 0 aromatic heterocycles. The van der Waals surface area contributed by atoms with Crippen LogP contribution in [0.1, 0.15) is 25.3 Å². The van der Waals surface area contributed by atoms with Crippen molar-refractivity contribution >= 4 is 35.5 Å². The first-order chi connectivity index (χ1) is 16.8. The molecular weight excluding hydrogens is 452 g/mol. The van der Waals surface area contributed by atoms with Gasteiger partial charge in [-0.2, -0.15) is 0 Å². The molecule has 35 heavy (non-hydrogen) atoms. The minimum absolute atomic E-state index is 0.0246. The molecule has 0 saturated carbocycles. The zero-order chi connectivity index (χ0) is 25.5. The van der Waals surface area contributed by atoms with Crippen LogP contribution in [0.5, 0.6) is 5.75 Å². The molecule has 10 heteroatoms. The summed E-state index contributed by atoms with van der Waals surface area (Å²) in [7, 11) is 0. The van der Waals surface area contributed by atoms with Crippen LogP contribution in [0.25, 0.3) is 6.08 Å². The van der Waals surface area contributed by atoms with Gasteiger partial charge in [0.1, 0.15) is 5.75 Å². The molecule has 186 valence electrons. The van der Waals surface area contributed by atoms with Gasteiger partial charge in [0.2, 0.25) is 11.8 Å². The fourth-order valence-corrected chi connectivity index (χ4v) is 2.85. The van der Waals surface area contributed by atoms with Crippen LogP contribution in [0, 0.1) is 0 Å². The van der Waals surface area contributed by atoms with Gasteiger partial charge in [-0.1, -0.05) is 30.3 Å². The maximum atomic E-state index is 12.7. The molecule has 10 nitrogen and oxygen atoms in total. The normalized spacial score (nSPS) is 11.3. The van der Waals surface area contributed by atoms with Gasteiger partial charge in [-0.05, 0) is 42.3 Å². The van der Waals surface area contributed by atoms with Crippen LogP contribution in [0.4, 0.5) is 5.69 Å². The molecule has 0 heterocycles. The van der Waals surface area contributed by atoms with E-state index < -0.39 is 23.9 Å². The number of nitrogens with one attached hydrogen (secondary N) is 4. The van der Waals surface area contributed by atoms with E-state index in [1.165, 1.54) is 13.0 Å². The number of hydrogen-bond acceptors (Lipinski definition) is 6. The van der Waals surface area contributed by atoms with Crippen LogP contribution in [0.3, 0.4) is 0 Å². The first-order valence-corrected chi connectivity index (χ1v) is 11.1. The highest BCUT2D eigenvalue weighted by Gasteiger charge is 2.19. The smallest absolute Gasteiger partial charge is 0.303 e. The Kier molecular flexibility index (Phi) is 11.3. The van der Waals surface area contributed by atoms with Crippen LogP contribution in [0.2, 0.25) is 0 Å². The van der Waals surface area contributed by atoms with Crippen LogP contribution in [-0.4, -0.2) is 54.7 Å². The van der Waals surface area contributed by atoms with Crippen molar-refractivity contribution < 1.29 is 29.0 Å². The number of carbonyl (C=O) groups excluding carboxylic acids is 3. The topological polar surface area (TPSA) is 146 Å². The first-order valence-electron chi connectivity index (χ1n) is 11.1. The van der Waals surface area contributed by atoms with E-state index >= 15 is 0 Å². The van der Waals surface area contributed by atoms with Gasteiger partial charge >= 0.3 is 5.97 Å². The average molecular weight is 483 g/mol. The fourth-order valence-electron chi connectivity index (χ4n) is 2.85. The highest BCUT2D eigenvalue weighted by Crippen LogP contribution is 2.16. The number of anilines is 1. The summed E-state index contributed by atoms with van der Waals surface area (Å²) in [5.41, 5.74) is 1.39. The lowest BCUT2D eigenvalue weighted by molar-refractivity contribution is -0.137. The summed E-state index contributed by atoms with van der Waals surface area (Å²) in [6, 6.07) is 16.0.